The van der Waals surface area contributed by atoms with Gasteiger partial charge in [0, 0.05) is 48.7 Å². The van der Waals surface area contributed by atoms with Crippen molar-refractivity contribution in [3.8, 4) is 16.9 Å². The first-order valence-electron chi connectivity index (χ1n) is 14.3. The molecule has 0 aromatic heterocycles. The maximum absolute atomic E-state index is 13.9. The number of aliphatic hydroxyl groups excluding tert-OH is 1. The van der Waals surface area contributed by atoms with Gasteiger partial charge in [0.2, 0.25) is 15.9 Å². The van der Waals surface area contributed by atoms with Crippen molar-refractivity contribution in [3.05, 3.63) is 77.8 Å². The minimum absolute atomic E-state index is 0.00635. The quantitative estimate of drug-likeness (QED) is 0.394. The number of halogens is 1. The molecule has 0 aliphatic carbocycles. The van der Waals surface area contributed by atoms with Gasteiger partial charge in [0.15, 0.2) is 0 Å². The first-order chi connectivity index (χ1) is 20.6. The van der Waals surface area contributed by atoms with Crippen LogP contribution in [0.5, 0.6) is 5.75 Å². The molecule has 12 heteroatoms. The van der Waals surface area contributed by atoms with E-state index < -0.39 is 33.6 Å². The molecule has 2 saturated heterocycles. The Balaban J connectivity index is 1.27. The van der Waals surface area contributed by atoms with Crippen LogP contribution in [-0.2, 0) is 14.8 Å². The molecule has 226 valence electrons. The Morgan fingerprint density at radius 1 is 1.00 bits per heavy atom. The second-order valence-electron chi connectivity index (χ2n) is 11.3. The van der Waals surface area contributed by atoms with E-state index in [1.54, 1.807) is 41.3 Å². The summed E-state index contributed by atoms with van der Waals surface area (Å²) in [5.41, 5.74) is 1.57. The normalized spacial score (nSPS) is 23.3. The number of sulfonamides is 1. The summed E-state index contributed by atoms with van der Waals surface area (Å²) in [6, 6.07) is 20.1. The molecule has 3 heterocycles. The maximum atomic E-state index is 13.9. The van der Waals surface area contributed by atoms with Crippen molar-refractivity contribution in [2.45, 2.75) is 48.3 Å². The van der Waals surface area contributed by atoms with Gasteiger partial charge >= 0.3 is 6.03 Å². The number of carbonyl (C=O) groups excluding carboxylic acids is 2. The second kappa shape index (κ2) is 11.8. The number of nitrogens with zero attached hydrogens (tertiary/aromatic N) is 2. The summed E-state index contributed by atoms with van der Waals surface area (Å²) in [5.74, 6) is -0.259. The molecular weight excluding hydrogens is 592 g/mol. The zero-order valence-electron chi connectivity index (χ0n) is 23.4. The van der Waals surface area contributed by atoms with E-state index in [9.17, 15) is 23.1 Å². The standard InChI is InChI=1S/C31H33ClN4O6S/c32-23-7-4-8-24(18-23)33-30(39)35-14-11-31(12-15-35)13-16-42-27-17-22(21-5-2-1-3-6-21)9-10-28(27)43(40,41)36-20-25(37)19-26(36)29(38)34-31/h1-10,17-18,25-26,37H,11-16,19-20H2,(H,33,39)(H,34,38)/t25-,26+/m1/s1. The summed E-state index contributed by atoms with van der Waals surface area (Å²) >= 11 is 6.05. The number of ether oxygens (including phenoxy) is 1. The van der Waals surface area contributed by atoms with E-state index in [4.69, 9.17) is 16.3 Å². The number of fused-ring (bicyclic) bond motifs is 2. The molecule has 0 radical (unpaired) electrons. The summed E-state index contributed by atoms with van der Waals surface area (Å²) in [5, 5.41) is 17.0. The molecule has 3 aliphatic heterocycles. The highest BCUT2D eigenvalue weighted by Gasteiger charge is 2.47. The van der Waals surface area contributed by atoms with E-state index in [1.165, 1.54) is 6.07 Å². The third kappa shape index (κ3) is 6.08. The minimum atomic E-state index is -4.18. The van der Waals surface area contributed by atoms with Gasteiger partial charge in [-0.3, -0.25) is 4.79 Å². The number of hydrogen-bond donors (Lipinski definition) is 3. The van der Waals surface area contributed by atoms with E-state index in [1.807, 2.05) is 30.3 Å². The monoisotopic (exact) mass is 624 g/mol. The number of nitrogens with one attached hydrogen (secondary N) is 2. The van der Waals surface area contributed by atoms with Crippen molar-refractivity contribution >= 4 is 39.2 Å². The molecule has 3 amide bonds. The summed E-state index contributed by atoms with van der Waals surface area (Å²) in [6.45, 7) is 0.710. The van der Waals surface area contributed by atoms with Gasteiger partial charge in [-0.15, -0.1) is 0 Å². The van der Waals surface area contributed by atoms with E-state index in [0.717, 1.165) is 15.4 Å². The minimum Gasteiger partial charge on any atom is -0.492 e. The topological polar surface area (TPSA) is 128 Å². The van der Waals surface area contributed by atoms with Gasteiger partial charge < -0.3 is 25.4 Å². The Morgan fingerprint density at radius 3 is 2.51 bits per heavy atom. The Labute approximate surface area is 255 Å². The SMILES string of the molecule is O=C1NC2(CCOc3cc(-c4ccccc4)ccc3S(=O)(=O)N3C[C@H](O)C[C@@H]13)CCN(C(=O)Nc1cccc(Cl)c1)CC2. The van der Waals surface area contributed by atoms with Crippen LogP contribution >= 0.6 is 11.6 Å². The molecule has 3 aromatic rings. The average Bonchev–Trinajstić information content (AvgIpc) is 3.40. The van der Waals surface area contributed by atoms with Crippen molar-refractivity contribution in [2.24, 2.45) is 0 Å². The number of aliphatic hydroxyl groups is 1. The smallest absolute Gasteiger partial charge is 0.321 e. The molecule has 3 aromatic carbocycles. The number of likely N-dealkylation sites (tertiary alicyclic amines) is 1. The summed E-state index contributed by atoms with van der Waals surface area (Å²) in [6.07, 6.45) is 0.323. The van der Waals surface area contributed by atoms with Gasteiger partial charge in [-0.25, -0.2) is 13.2 Å². The largest absolute Gasteiger partial charge is 0.492 e. The lowest BCUT2D eigenvalue weighted by atomic mass is 9.84. The Kier molecular flexibility index (Phi) is 8.08. The van der Waals surface area contributed by atoms with Crippen LogP contribution in [0.4, 0.5) is 10.5 Å². The lowest BCUT2D eigenvalue weighted by Crippen LogP contribution is -2.60. The van der Waals surface area contributed by atoms with Crippen molar-refractivity contribution in [1.29, 1.82) is 0 Å². The highest BCUT2D eigenvalue weighted by atomic mass is 35.5. The van der Waals surface area contributed by atoms with Gasteiger partial charge in [-0.05, 0) is 54.3 Å². The van der Waals surface area contributed by atoms with Crippen LogP contribution in [0, 0.1) is 0 Å². The number of benzene rings is 3. The summed E-state index contributed by atoms with van der Waals surface area (Å²) in [4.78, 5) is 28.3. The number of urea groups is 1. The fourth-order valence-corrected chi connectivity index (χ4v) is 8.04. The Hall–Kier alpha value is -3.64. The van der Waals surface area contributed by atoms with Crippen LogP contribution in [0.25, 0.3) is 11.1 Å². The molecule has 10 nitrogen and oxygen atoms in total. The van der Waals surface area contributed by atoms with E-state index >= 15 is 0 Å². The molecule has 6 rings (SSSR count). The molecule has 0 unspecified atom stereocenters. The van der Waals surface area contributed by atoms with Gasteiger partial charge in [0.1, 0.15) is 16.7 Å². The number of amides is 3. The first-order valence-corrected chi connectivity index (χ1v) is 16.1. The van der Waals surface area contributed by atoms with Crippen molar-refractivity contribution < 1.29 is 27.9 Å². The fraction of sp³-hybridized carbons (Fsp3) is 0.355. The molecule has 2 fully saturated rings. The number of piperidine rings is 1. The van der Waals surface area contributed by atoms with E-state index in [0.29, 0.717) is 43.1 Å². The zero-order chi connectivity index (χ0) is 30.2. The third-order valence-corrected chi connectivity index (χ3v) is 10.6. The highest BCUT2D eigenvalue weighted by Crippen LogP contribution is 2.37. The number of carbonyl (C=O) groups is 2. The molecule has 3 N–H and O–H groups in total. The van der Waals surface area contributed by atoms with Crippen LogP contribution in [0.15, 0.2) is 77.7 Å². The van der Waals surface area contributed by atoms with E-state index in [2.05, 4.69) is 10.6 Å². The zero-order valence-corrected chi connectivity index (χ0v) is 25.0. The molecular formula is C31H33ClN4O6S. The van der Waals surface area contributed by atoms with Gasteiger partial charge in [-0.1, -0.05) is 54.1 Å². The number of hydrogen-bond acceptors (Lipinski definition) is 6. The molecule has 1 spiro atoms. The first kappa shape index (κ1) is 29.4. The van der Waals surface area contributed by atoms with Crippen LogP contribution in [0.3, 0.4) is 0 Å². The lowest BCUT2D eigenvalue weighted by Gasteiger charge is -2.43. The Morgan fingerprint density at radius 2 is 1.77 bits per heavy atom. The molecule has 2 atom stereocenters. The predicted molar refractivity (Wildman–Crippen MR) is 162 cm³/mol. The number of anilines is 1. The van der Waals surface area contributed by atoms with Crippen molar-refractivity contribution in [2.75, 3.05) is 31.6 Å². The fourth-order valence-electron chi connectivity index (χ4n) is 6.10. The molecule has 0 bridgehead atoms. The second-order valence-corrected chi connectivity index (χ2v) is 13.6. The molecule has 43 heavy (non-hydrogen) atoms. The van der Waals surface area contributed by atoms with Crippen LogP contribution in [0.1, 0.15) is 25.7 Å². The average molecular weight is 625 g/mol. The van der Waals surface area contributed by atoms with Crippen molar-refractivity contribution in [1.82, 2.24) is 14.5 Å². The Bertz CT molecular complexity index is 1630. The third-order valence-electron chi connectivity index (χ3n) is 8.48. The van der Waals surface area contributed by atoms with E-state index in [-0.39, 0.29) is 36.2 Å². The molecule has 3 aliphatic rings. The molecule has 0 saturated carbocycles. The summed E-state index contributed by atoms with van der Waals surface area (Å²) < 4.78 is 35.1. The van der Waals surface area contributed by atoms with Gasteiger partial charge in [-0.2, -0.15) is 4.31 Å². The highest BCUT2D eigenvalue weighted by molar-refractivity contribution is 7.89. The van der Waals surface area contributed by atoms with Crippen LogP contribution < -0.4 is 15.4 Å². The lowest BCUT2D eigenvalue weighted by molar-refractivity contribution is -0.127. The van der Waals surface area contributed by atoms with Crippen LogP contribution in [-0.4, -0.2) is 78.6 Å². The maximum Gasteiger partial charge on any atom is 0.321 e. The van der Waals surface area contributed by atoms with Crippen LogP contribution in [0.2, 0.25) is 5.02 Å². The summed E-state index contributed by atoms with van der Waals surface area (Å²) in [7, 11) is -4.18. The predicted octanol–water partition coefficient (Wildman–Crippen LogP) is 4.10. The van der Waals surface area contributed by atoms with Crippen molar-refractivity contribution in [3.63, 3.8) is 0 Å². The van der Waals surface area contributed by atoms with Gasteiger partial charge in [0.25, 0.3) is 0 Å². The number of rotatable bonds is 2. The van der Waals surface area contributed by atoms with Gasteiger partial charge in [0.05, 0.1) is 12.7 Å².